The molecule has 3 heteroatoms. The summed E-state index contributed by atoms with van der Waals surface area (Å²) in [6.07, 6.45) is 0. The van der Waals surface area contributed by atoms with Gasteiger partial charge in [-0.05, 0) is 19.8 Å². The maximum Gasteiger partial charge on any atom is 0.269 e. The van der Waals surface area contributed by atoms with E-state index in [0.29, 0.717) is 5.92 Å². The van der Waals surface area contributed by atoms with Crippen molar-refractivity contribution in [1.82, 2.24) is 9.78 Å². The van der Waals surface area contributed by atoms with E-state index in [4.69, 9.17) is 0 Å². The molecule has 0 saturated carbocycles. The number of aromatic nitrogens is 2. The van der Waals surface area contributed by atoms with Crippen molar-refractivity contribution in [2.24, 2.45) is 5.92 Å². The highest BCUT2D eigenvalue weighted by molar-refractivity contribution is 5.12. The number of nitrogens with one attached hydrogen (secondary N) is 1. The Morgan fingerprint density at radius 2 is 2.00 bits per heavy atom. The van der Waals surface area contributed by atoms with Gasteiger partial charge in [-0.2, -0.15) is 0 Å². The molecular weight excluding hydrogens is 152 g/mol. The first kappa shape index (κ1) is 9.10. The normalized spacial score (nSPS) is 11.1. The summed E-state index contributed by atoms with van der Waals surface area (Å²) < 4.78 is 1.68. The highest BCUT2D eigenvalue weighted by Gasteiger charge is 2.06. The topological polar surface area (TPSA) is 37.8 Å². The second-order valence-electron chi connectivity index (χ2n) is 3.67. The van der Waals surface area contributed by atoms with E-state index in [1.807, 2.05) is 13.8 Å². The van der Waals surface area contributed by atoms with Crippen molar-refractivity contribution < 1.29 is 0 Å². The number of aromatic amines is 1. The van der Waals surface area contributed by atoms with Crippen LogP contribution in [0, 0.1) is 19.8 Å². The molecule has 0 atom stereocenters. The van der Waals surface area contributed by atoms with Crippen LogP contribution in [0.4, 0.5) is 0 Å². The highest BCUT2D eigenvalue weighted by Crippen LogP contribution is 1.99. The lowest BCUT2D eigenvalue weighted by atomic mass is 10.2. The second-order valence-corrected chi connectivity index (χ2v) is 3.67. The average Bonchev–Trinajstić information content (AvgIpc) is 2.17. The Balaban J connectivity index is 3.02. The molecule has 0 unspecified atom stereocenters. The Bertz CT molecular complexity index is 320. The molecule has 1 aromatic rings. The molecule has 0 aliphatic carbocycles. The van der Waals surface area contributed by atoms with Gasteiger partial charge in [0.2, 0.25) is 0 Å². The van der Waals surface area contributed by atoms with Gasteiger partial charge < -0.3 is 0 Å². The van der Waals surface area contributed by atoms with Crippen LogP contribution in [0.15, 0.2) is 4.79 Å². The first-order valence-electron chi connectivity index (χ1n) is 4.28. The number of aryl methyl sites for hydroxylation is 1. The molecule has 1 rings (SSSR count). The van der Waals surface area contributed by atoms with Gasteiger partial charge in [-0.3, -0.25) is 14.6 Å². The van der Waals surface area contributed by atoms with Crippen molar-refractivity contribution in [3.63, 3.8) is 0 Å². The fourth-order valence-corrected chi connectivity index (χ4v) is 1.19. The molecule has 1 aromatic heterocycles. The van der Waals surface area contributed by atoms with Crippen molar-refractivity contribution in [1.29, 1.82) is 0 Å². The van der Waals surface area contributed by atoms with Crippen LogP contribution >= 0.6 is 0 Å². The van der Waals surface area contributed by atoms with Crippen LogP contribution in [-0.2, 0) is 6.54 Å². The molecular formula is C9H16N2O. The van der Waals surface area contributed by atoms with Crippen LogP contribution in [0.5, 0.6) is 0 Å². The number of hydrogen-bond acceptors (Lipinski definition) is 1. The first-order valence-corrected chi connectivity index (χ1v) is 4.28. The molecule has 0 fully saturated rings. The molecule has 1 N–H and O–H groups in total. The summed E-state index contributed by atoms with van der Waals surface area (Å²) in [4.78, 5) is 11.5. The van der Waals surface area contributed by atoms with Crippen LogP contribution in [-0.4, -0.2) is 9.78 Å². The molecule has 12 heavy (non-hydrogen) atoms. The van der Waals surface area contributed by atoms with Crippen molar-refractivity contribution in [3.05, 3.63) is 21.6 Å². The summed E-state index contributed by atoms with van der Waals surface area (Å²) in [6.45, 7) is 8.74. The minimum atomic E-state index is 0.112. The van der Waals surface area contributed by atoms with E-state index in [0.717, 1.165) is 17.8 Å². The summed E-state index contributed by atoms with van der Waals surface area (Å²) >= 11 is 0. The lowest BCUT2D eigenvalue weighted by Gasteiger charge is -2.03. The Hall–Kier alpha value is -0.990. The largest absolute Gasteiger partial charge is 0.300 e. The van der Waals surface area contributed by atoms with Crippen molar-refractivity contribution >= 4 is 0 Å². The number of nitrogens with zero attached hydrogens (tertiary/aromatic N) is 1. The summed E-state index contributed by atoms with van der Waals surface area (Å²) in [5, 5.41) is 3.05. The second kappa shape index (κ2) is 3.17. The maximum atomic E-state index is 11.5. The number of rotatable bonds is 2. The van der Waals surface area contributed by atoms with Gasteiger partial charge in [-0.1, -0.05) is 13.8 Å². The van der Waals surface area contributed by atoms with E-state index in [9.17, 15) is 4.79 Å². The predicted octanol–water partition coefficient (Wildman–Crippen LogP) is 1.45. The molecule has 0 radical (unpaired) electrons. The van der Waals surface area contributed by atoms with Gasteiger partial charge in [0.1, 0.15) is 0 Å². The standard InChI is InChI=1S/C9H16N2O/c1-6(2)5-11-9(12)7(3)8(4)10-11/h6,10H,5H2,1-4H3. The Morgan fingerprint density at radius 1 is 1.42 bits per heavy atom. The van der Waals surface area contributed by atoms with Gasteiger partial charge in [0.15, 0.2) is 0 Å². The molecule has 0 spiro atoms. The summed E-state index contributed by atoms with van der Waals surface area (Å²) in [7, 11) is 0. The zero-order chi connectivity index (χ0) is 9.30. The minimum Gasteiger partial charge on any atom is -0.300 e. The molecule has 3 nitrogen and oxygen atoms in total. The van der Waals surface area contributed by atoms with Gasteiger partial charge >= 0.3 is 0 Å². The van der Waals surface area contributed by atoms with Gasteiger partial charge in [0.05, 0.1) is 0 Å². The molecule has 68 valence electrons. The lowest BCUT2D eigenvalue weighted by Crippen LogP contribution is -2.20. The fourth-order valence-electron chi connectivity index (χ4n) is 1.19. The number of hydrogen-bond donors (Lipinski definition) is 1. The number of H-pyrrole nitrogens is 1. The average molecular weight is 168 g/mol. The van der Waals surface area contributed by atoms with Crippen LogP contribution in [0.3, 0.4) is 0 Å². The molecule has 0 amide bonds. The third-order valence-corrected chi connectivity index (χ3v) is 1.98. The Morgan fingerprint density at radius 3 is 2.33 bits per heavy atom. The van der Waals surface area contributed by atoms with Crippen molar-refractivity contribution in [2.45, 2.75) is 34.2 Å². The zero-order valence-corrected chi connectivity index (χ0v) is 8.14. The lowest BCUT2D eigenvalue weighted by molar-refractivity contribution is 0.471. The third-order valence-electron chi connectivity index (χ3n) is 1.98. The van der Waals surface area contributed by atoms with E-state index in [1.54, 1.807) is 4.68 Å². The zero-order valence-electron chi connectivity index (χ0n) is 8.14. The first-order chi connectivity index (χ1) is 5.52. The summed E-state index contributed by atoms with van der Waals surface area (Å²) in [5.74, 6) is 0.500. The molecule has 0 aliphatic heterocycles. The SMILES string of the molecule is Cc1[nH]n(CC(C)C)c(=O)c1C. The summed E-state index contributed by atoms with van der Waals surface area (Å²) in [6, 6.07) is 0. The summed E-state index contributed by atoms with van der Waals surface area (Å²) in [5.41, 5.74) is 1.91. The molecule has 1 heterocycles. The van der Waals surface area contributed by atoms with Crippen LogP contribution in [0.2, 0.25) is 0 Å². The van der Waals surface area contributed by atoms with Crippen molar-refractivity contribution in [3.8, 4) is 0 Å². The van der Waals surface area contributed by atoms with Gasteiger partial charge in [-0.25, -0.2) is 0 Å². The smallest absolute Gasteiger partial charge is 0.269 e. The highest BCUT2D eigenvalue weighted by atomic mass is 16.1. The third kappa shape index (κ3) is 1.60. The maximum absolute atomic E-state index is 11.5. The van der Waals surface area contributed by atoms with E-state index in [2.05, 4.69) is 18.9 Å². The van der Waals surface area contributed by atoms with E-state index < -0.39 is 0 Å². The molecule has 0 aromatic carbocycles. The van der Waals surface area contributed by atoms with Crippen LogP contribution in [0.25, 0.3) is 0 Å². The quantitative estimate of drug-likeness (QED) is 0.713. The van der Waals surface area contributed by atoms with E-state index >= 15 is 0 Å². The van der Waals surface area contributed by atoms with E-state index in [1.165, 1.54) is 0 Å². The molecule has 0 aliphatic rings. The van der Waals surface area contributed by atoms with Gasteiger partial charge in [0.25, 0.3) is 5.56 Å². The van der Waals surface area contributed by atoms with E-state index in [-0.39, 0.29) is 5.56 Å². The monoisotopic (exact) mass is 168 g/mol. The molecule has 0 saturated heterocycles. The minimum absolute atomic E-state index is 0.112. The van der Waals surface area contributed by atoms with Gasteiger partial charge in [-0.15, -0.1) is 0 Å². The van der Waals surface area contributed by atoms with Crippen LogP contribution < -0.4 is 5.56 Å². The van der Waals surface area contributed by atoms with Gasteiger partial charge in [0, 0.05) is 17.8 Å². The van der Waals surface area contributed by atoms with Crippen molar-refractivity contribution in [2.75, 3.05) is 0 Å². The Kier molecular flexibility index (Phi) is 2.40. The predicted molar refractivity (Wildman–Crippen MR) is 49.4 cm³/mol. The fraction of sp³-hybridized carbons (Fsp3) is 0.667. The molecule has 0 bridgehead atoms. The Labute approximate surface area is 72.4 Å². The van der Waals surface area contributed by atoms with Crippen LogP contribution in [0.1, 0.15) is 25.1 Å².